The fourth-order valence-electron chi connectivity index (χ4n) is 2.88. The van der Waals surface area contributed by atoms with Crippen LogP contribution in [-0.2, 0) is 0 Å². The maximum Gasteiger partial charge on any atom is 0.127 e. The van der Waals surface area contributed by atoms with Crippen LogP contribution in [0.1, 0.15) is 25.7 Å². The van der Waals surface area contributed by atoms with Crippen LogP contribution in [0, 0.1) is 5.92 Å². The van der Waals surface area contributed by atoms with Gasteiger partial charge < -0.3 is 4.74 Å². The Morgan fingerprint density at radius 2 is 1.55 bits per heavy atom. The molecule has 2 aromatic carbocycles. The fraction of sp³-hybridized carbons (Fsp3) is 0.333. The zero-order valence-corrected chi connectivity index (χ0v) is 13.1. The van der Waals surface area contributed by atoms with Crippen molar-refractivity contribution < 1.29 is 4.74 Å². The molecule has 0 unspecified atom stereocenters. The molecule has 0 atom stereocenters. The molecule has 0 bridgehead atoms. The average Bonchev–Trinajstić information content (AvgIpc) is 2.99. The second-order valence-electron chi connectivity index (χ2n) is 5.44. The maximum absolute atomic E-state index is 6.11. The summed E-state index contributed by atoms with van der Waals surface area (Å²) < 4.78 is 7.22. The van der Waals surface area contributed by atoms with E-state index in [4.69, 9.17) is 4.74 Å². The molecular weight excluding hydrogens is 312 g/mol. The lowest BCUT2D eigenvalue weighted by Crippen LogP contribution is -2.08. The molecule has 0 spiro atoms. The Bertz CT molecular complexity index is 573. The van der Waals surface area contributed by atoms with Crippen LogP contribution in [0.15, 0.2) is 53.0 Å². The lowest BCUT2D eigenvalue weighted by Gasteiger charge is -2.15. The molecule has 104 valence electrons. The number of para-hydroxylation sites is 1. The van der Waals surface area contributed by atoms with Crippen LogP contribution >= 0.6 is 15.9 Å². The van der Waals surface area contributed by atoms with Gasteiger partial charge in [-0.1, -0.05) is 65.2 Å². The van der Waals surface area contributed by atoms with Gasteiger partial charge in [0.2, 0.25) is 0 Å². The fourth-order valence-corrected chi connectivity index (χ4v) is 3.38. The van der Waals surface area contributed by atoms with E-state index in [1.165, 1.54) is 31.2 Å². The summed E-state index contributed by atoms with van der Waals surface area (Å²) >= 11 is 3.63. The van der Waals surface area contributed by atoms with Crippen molar-refractivity contribution in [1.82, 2.24) is 0 Å². The molecule has 1 fully saturated rings. The second kappa shape index (κ2) is 6.45. The van der Waals surface area contributed by atoms with Gasteiger partial charge in [-0.2, -0.15) is 0 Å². The van der Waals surface area contributed by atoms with Crippen molar-refractivity contribution >= 4 is 15.9 Å². The van der Waals surface area contributed by atoms with Crippen LogP contribution < -0.4 is 4.74 Å². The molecule has 2 heteroatoms. The predicted molar refractivity (Wildman–Crippen MR) is 87.0 cm³/mol. The second-order valence-corrected chi connectivity index (χ2v) is 6.29. The zero-order chi connectivity index (χ0) is 13.8. The molecule has 0 radical (unpaired) electrons. The molecule has 0 heterocycles. The summed E-state index contributed by atoms with van der Waals surface area (Å²) in [6.07, 6.45) is 5.36. The highest BCUT2D eigenvalue weighted by Gasteiger charge is 2.16. The van der Waals surface area contributed by atoms with Crippen LogP contribution in [0.3, 0.4) is 0 Å². The Morgan fingerprint density at radius 3 is 2.30 bits per heavy atom. The Kier molecular flexibility index (Phi) is 4.41. The van der Waals surface area contributed by atoms with E-state index >= 15 is 0 Å². The minimum atomic E-state index is 0.738. The minimum Gasteiger partial charge on any atom is -0.493 e. The molecule has 1 aliphatic carbocycles. The molecule has 1 nitrogen and oxygen atoms in total. The first-order valence-corrected chi connectivity index (χ1v) is 8.10. The SMILES string of the molecule is Brc1ccccc1-c1ccccc1OCC1CCCC1. The maximum atomic E-state index is 6.11. The van der Waals surface area contributed by atoms with Crippen LogP contribution in [0.4, 0.5) is 0 Å². The largest absolute Gasteiger partial charge is 0.493 e. The molecule has 0 saturated heterocycles. The van der Waals surface area contributed by atoms with Crippen LogP contribution in [0.2, 0.25) is 0 Å². The quantitative estimate of drug-likeness (QED) is 0.700. The molecule has 0 aliphatic heterocycles. The van der Waals surface area contributed by atoms with Crippen molar-refractivity contribution in [3.8, 4) is 16.9 Å². The number of hydrogen-bond donors (Lipinski definition) is 0. The third kappa shape index (κ3) is 3.06. The van der Waals surface area contributed by atoms with Gasteiger partial charge in [0, 0.05) is 10.0 Å². The lowest BCUT2D eigenvalue weighted by atomic mass is 10.0. The van der Waals surface area contributed by atoms with Gasteiger partial charge in [0.25, 0.3) is 0 Å². The highest BCUT2D eigenvalue weighted by Crippen LogP contribution is 2.35. The van der Waals surface area contributed by atoms with Crippen molar-refractivity contribution in [1.29, 1.82) is 0 Å². The van der Waals surface area contributed by atoms with Gasteiger partial charge in [-0.3, -0.25) is 0 Å². The van der Waals surface area contributed by atoms with Crippen LogP contribution in [0.25, 0.3) is 11.1 Å². The summed E-state index contributed by atoms with van der Waals surface area (Å²) in [4.78, 5) is 0. The van der Waals surface area contributed by atoms with Gasteiger partial charge in [-0.25, -0.2) is 0 Å². The van der Waals surface area contributed by atoms with Gasteiger partial charge in [0.05, 0.1) is 6.61 Å². The smallest absolute Gasteiger partial charge is 0.127 e. The lowest BCUT2D eigenvalue weighted by molar-refractivity contribution is 0.253. The predicted octanol–water partition coefficient (Wildman–Crippen LogP) is 5.69. The molecule has 20 heavy (non-hydrogen) atoms. The van der Waals surface area contributed by atoms with Crippen LogP contribution in [0.5, 0.6) is 5.75 Å². The first-order valence-electron chi connectivity index (χ1n) is 7.31. The molecule has 0 amide bonds. The standard InChI is InChI=1S/C18H19BrO/c19-17-11-5-3-9-15(17)16-10-4-6-12-18(16)20-13-14-7-1-2-8-14/h3-6,9-12,14H,1-2,7-8,13H2. The summed E-state index contributed by atoms with van der Waals surface area (Å²) in [5.74, 6) is 1.73. The zero-order valence-electron chi connectivity index (χ0n) is 11.5. The highest BCUT2D eigenvalue weighted by atomic mass is 79.9. The number of benzene rings is 2. The number of halogens is 1. The first-order chi connectivity index (χ1) is 9.84. The van der Waals surface area contributed by atoms with E-state index in [0.29, 0.717) is 0 Å². The highest BCUT2D eigenvalue weighted by molar-refractivity contribution is 9.10. The van der Waals surface area contributed by atoms with E-state index in [2.05, 4.69) is 52.3 Å². The first kappa shape index (κ1) is 13.7. The minimum absolute atomic E-state index is 0.738. The number of rotatable bonds is 4. The van der Waals surface area contributed by atoms with Gasteiger partial charge in [-0.05, 0) is 36.5 Å². The summed E-state index contributed by atoms with van der Waals surface area (Å²) in [6, 6.07) is 16.6. The topological polar surface area (TPSA) is 9.23 Å². The molecular formula is C18H19BrO. The summed E-state index contributed by atoms with van der Waals surface area (Å²) in [7, 11) is 0. The van der Waals surface area contributed by atoms with Crippen molar-refractivity contribution in [2.24, 2.45) is 5.92 Å². The molecule has 1 aliphatic rings. The molecule has 1 saturated carbocycles. The van der Waals surface area contributed by atoms with Gasteiger partial charge in [0.1, 0.15) is 5.75 Å². The van der Waals surface area contributed by atoms with Crippen molar-refractivity contribution in [2.75, 3.05) is 6.61 Å². The normalized spacial score (nSPS) is 15.4. The van der Waals surface area contributed by atoms with Gasteiger partial charge in [0.15, 0.2) is 0 Å². The third-order valence-corrected chi connectivity index (χ3v) is 4.69. The molecule has 0 N–H and O–H groups in total. The van der Waals surface area contributed by atoms with E-state index in [-0.39, 0.29) is 0 Å². The average molecular weight is 331 g/mol. The van der Waals surface area contributed by atoms with Crippen molar-refractivity contribution in [2.45, 2.75) is 25.7 Å². The third-order valence-electron chi connectivity index (χ3n) is 4.00. The van der Waals surface area contributed by atoms with Crippen molar-refractivity contribution in [3.63, 3.8) is 0 Å². The number of ether oxygens (including phenoxy) is 1. The van der Waals surface area contributed by atoms with Gasteiger partial charge >= 0.3 is 0 Å². The Balaban J connectivity index is 1.82. The number of hydrogen-bond acceptors (Lipinski definition) is 1. The van der Waals surface area contributed by atoms with E-state index in [9.17, 15) is 0 Å². The summed E-state index contributed by atoms with van der Waals surface area (Å²) in [5.41, 5.74) is 2.35. The van der Waals surface area contributed by atoms with E-state index < -0.39 is 0 Å². The Morgan fingerprint density at radius 1 is 0.900 bits per heavy atom. The molecule has 2 aromatic rings. The molecule has 0 aromatic heterocycles. The van der Waals surface area contributed by atoms with E-state index in [1.54, 1.807) is 0 Å². The monoisotopic (exact) mass is 330 g/mol. The molecule has 3 rings (SSSR count). The Hall–Kier alpha value is -1.28. The van der Waals surface area contributed by atoms with E-state index in [0.717, 1.165) is 28.3 Å². The van der Waals surface area contributed by atoms with E-state index in [1.807, 2.05) is 12.1 Å². The van der Waals surface area contributed by atoms with Crippen LogP contribution in [-0.4, -0.2) is 6.61 Å². The summed E-state index contributed by atoms with van der Waals surface area (Å²) in [6.45, 7) is 0.849. The van der Waals surface area contributed by atoms with Crippen molar-refractivity contribution in [3.05, 3.63) is 53.0 Å². The summed E-state index contributed by atoms with van der Waals surface area (Å²) in [5, 5.41) is 0. The van der Waals surface area contributed by atoms with Gasteiger partial charge in [-0.15, -0.1) is 0 Å². The Labute approximate surface area is 129 Å².